The number of likely N-dealkylation sites (tertiary alicyclic amines) is 1. The van der Waals surface area contributed by atoms with Crippen LogP contribution in [0.5, 0.6) is 0 Å². The summed E-state index contributed by atoms with van der Waals surface area (Å²) in [5, 5.41) is 3.86. The van der Waals surface area contributed by atoms with E-state index in [4.69, 9.17) is 0 Å². The van der Waals surface area contributed by atoms with Crippen molar-refractivity contribution in [3.63, 3.8) is 0 Å². The third-order valence-electron chi connectivity index (χ3n) is 4.95. The van der Waals surface area contributed by atoms with E-state index in [9.17, 15) is 0 Å². The van der Waals surface area contributed by atoms with E-state index < -0.39 is 0 Å². The third kappa shape index (κ3) is 4.89. The van der Waals surface area contributed by atoms with Gasteiger partial charge in [-0.1, -0.05) is 39.0 Å². The summed E-state index contributed by atoms with van der Waals surface area (Å²) in [7, 11) is 0. The predicted molar refractivity (Wildman–Crippen MR) is 78.9 cm³/mol. The molecule has 0 aromatic rings. The van der Waals surface area contributed by atoms with E-state index >= 15 is 0 Å². The lowest BCUT2D eigenvalue weighted by Gasteiger charge is -2.32. The van der Waals surface area contributed by atoms with Gasteiger partial charge < -0.3 is 10.2 Å². The van der Waals surface area contributed by atoms with Crippen LogP contribution in [-0.4, -0.2) is 37.1 Å². The SMILES string of the molecule is CCN1CCC(NCC2CCCCCCC2)CC1. The summed E-state index contributed by atoms with van der Waals surface area (Å²) in [4.78, 5) is 2.58. The second kappa shape index (κ2) is 8.16. The molecule has 2 rings (SSSR count). The van der Waals surface area contributed by atoms with Crippen molar-refractivity contribution in [1.29, 1.82) is 0 Å². The average molecular weight is 252 g/mol. The Labute approximate surface area is 114 Å². The molecule has 1 N–H and O–H groups in total. The van der Waals surface area contributed by atoms with Gasteiger partial charge >= 0.3 is 0 Å². The molecule has 0 bridgehead atoms. The van der Waals surface area contributed by atoms with Crippen molar-refractivity contribution in [2.75, 3.05) is 26.2 Å². The Morgan fingerprint density at radius 3 is 2.11 bits per heavy atom. The molecule has 2 heteroatoms. The summed E-state index contributed by atoms with van der Waals surface area (Å²) >= 11 is 0. The van der Waals surface area contributed by atoms with Crippen LogP contribution in [0.4, 0.5) is 0 Å². The molecule has 2 nitrogen and oxygen atoms in total. The summed E-state index contributed by atoms with van der Waals surface area (Å²) < 4.78 is 0. The fourth-order valence-electron chi connectivity index (χ4n) is 3.53. The van der Waals surface area contributed by atoms with Crippen molar-refractivity contribution in [1.82, 2.24) is 10.2 Å². The van der Waals surface area contributed by atoms with Gasteiger partial charge in [-0.15, -0.1) is 0 Å². The topological polar surface area (TPSA) is 15.3 Å². The number of rotatable bonds is 4. The van der Waals surface area contributed by atoms with Gasteiger partial charge in [-0.25, -0.2) is 0 Å². The molecule has 106 valence electrons. The van der Waals surface area contributed by atoms with Crippen LogP contribution in [0.3, 0.4) is 0 Å². The molecule has 2 fully saturated rings. The van der Waals surface area contributed by atoms with E-state index in [1.165, 1.54) is 84.0 Å². The fraction of sp³-hybridized carbons (Fsp3) is 1.00. The summed E-state index contributed by atoms with van der Waals surface area (Å²) in [6, 6.07) is 0.804. The maximum atomic E-state index is 3.86. The predicted octanol–water partition coefficient (Wildman–Crippen LogP) is 3.42. The van der Waals surface area contributed by atoms with Gasteiger partial charge in [0.1, 0.15) is 0 Å². The first kappa shape index (κ1) is 14.3. The van der Waals surface area contributed by atoms with Crippen molar-refractivity contribution in [3.05, 3.63) is 0 Å². The van der Waals surface area contributed by atoms with Crippen LogP contribution in [0, 0.1) is 5.92 Å². The van der Waals surface area contributed by atoms with E-state index in [0.717, 1.165) is 12.0 Å². The Morgan fingerprint density at radius 2 is 1.50 bits per heavy atom. The largest absolute Gasteiger partial charge is 0.314 e. The molecule has 0 unspecified atom stereocenters. The van der Waals surface area contributed by atoms with Crippen LogP contribution in [0.15, 0.2) is 0 Å². The molecule has 0 spiro atoms. The normalized spacial score (nSPS) is 25.8. The molecular weight excluding hydrogens is 220 g/mol. The molecule has 0 amide bonds. The Hall–Kier alpha value is -0.0800. The Kier molecular flexibility index (Phi) is 6.50. The van der Waals surface area contributed by atoms with Crippen LogP contribution in [-0.2, 0) is 0 Å². The number of hydrogen-bond donors (Lipinski definition) is 1. The van der Waals surface area contributed by atoms with Gasteiger partial charge in [-0.3, -0.25) is 0 Å². The van der Waals surface area contributed by atoms with Crippen molar-refractivity contribution < 1.29 is 0 Å². The van der Waals surface area contributed by atoms with Crippen molar-refractivity contribution in [2.45, 2.75) is 70.8 Å². The van der Waals surface area contributed by atoms with Gasteiger partial charge in [0.15, 0.2) is 0 Å². The van der Waals surface area contributed by atoms with E-state index in [2.05, 4.69) is 17.1 Å². The standard InChI is InChI=1S/C16H32N2/c1-2-18-12-10-16(11-13-18)17-14-15-8-6-4-3-5-7-9-15/h15-17H,2-14H2,1H3. The molecule has 1 saturated carbocycles. The summed E-state index contributed by atoms with van der Waals surface area (Å²) in [6.45, 7) is 7.41. The maximum Gasteiger partial charge on any atom is 0.00915 e. The second-order valence-corrected chi connectivity index (χ2v) is 6.33. The minimum Gasteiger partial charge on any atom is -0.314 e. The lowest BCUT2D eigenvalue weighted by Crippen LogP contribution is -2.43. The van der Waals surface area contributed by atoms with Crippen molar-refractivity contribution in [2.24, 2.45) is 5.92 Å². The fourth-order valence-corrected chi connectivity index (χ4v) is 3.53. The van der Waals surface area contributed by atoms with Crippen LogP contribution < -0.4 is 5.32 Å². The zero-order chi connectivity index (χ0) is 12.6. The molecule has 1 aliphatic carbocycles. The number of hydrogen-bond acceptors (Lipinski definition) is 2. The highest BCUT2D eigenvalue weighted by Crippen LogP contribution is 2.22. The monoisotopic (exact) mass is 252 g/mol. The van der Waals surface area contributed by atoms with Gasteiger partial charge in [0.25, 0.3) is 0 Å². The molecule has 1 saturated heterocycles. The molecule has 1 aliphatic heterocycles. The van der Waals surface area contributed by atoms with Crippen LogP contribution >= 0.6 is 0 Å². The van der Waals surface area contributed by atoms with Crippen LogP contribution in [0.1, 0.15) is 64.7 Å². The van der Waals surface area contributed by atoms with E-state index in [0.29, 0.717) is 0 Å². The van der Waals surface area contributed by atoms with Gasteiger partial charge in [0.05, 0.1) is 0 Å². The smallest absolute Gasteiger partial charge is 0.00915 e. The Morgan fingerprint density at radius 1 is 0.889 bits per heavy atom. The van der Waals surface area contributed by atoms with Gasteiger partial charge in [0.2, 0.25) is 0 Å². The molecule has 0 atom stereocenters. The lowest BCUT2D eigenvalue weighted by atomic mass is 9.90. The van der Waals surface area contributed by atoms with Crippen LogP contribution in [0.2, 0.25) is 0 Å². The third-order valence-corrected chi connectivity index (χ3v) is 4.95. The molecule has 1 heterocycles. The molecule has 0 aromatic heterocycles. The summed E-state index contributed by atoms with van der Waals surface area (Å²) in [6.07, 6.45) is 13.1. The zero-order valence-corrected chi connectivity index (χ0v) is 12.3. The first-order valence-corrected chi connectivity index (χ1v) is 8.34. The molecule has 18 heavy (non-hydrogen) atoms. The lowest BCUT2D eigenvalue weighted by molar-refractivity contribution is 0.200. The molecule has 0 aromatic carbocycles. The van der Waals surface area contributed by atoms with Gasteiger partial charge in [-0.2, -0.15) is 0 Å². The molecule has 0 radical (unpaired) electrons. The van der Waals surface area contributed by atoms with E-state index in [1.54, 1.807) is 0 Å². The summed E-state index contributed by atoms with van der Waals surface area (Å²) in [5.41, 5.74) is 0. The first-order chi connectivity index (χ1) is 8.88. The van der Waals surface area contributed by atoms with Gasteiger partial charge in [0, 0.05) is 6.04 Å². The summed E-state index contributed by atoms with van der Waals surface area (Å²) in [5.74, 6) is 0.967. The van der Waals surface area contributed by atoms with E-state index in [1.807, 2.05) is 0 Å². The highest BCUT2D eigenvalue weighted by atomic mass is 15.1. The minimum atomic E-state index is 0.804. The highest BCUT2D eigenvalue weighted by molar-refractivity contribution is 4.78. The van der Waals surface area contributed by atoms with Crippen molar-refractivity contribution in [3.8, 4) is 0 Å². The quantitative estimate of drug-likeness (QED) is 0.825. The number of piperidine rings is 1. The Balaban J connectivity index is 1.61. The molecular formula is C16H32N2. The number of nitrogens with zero attached hydrogens (tertiary/aromatic N) is 1. The second-order valence-electron chi connectivity index (χ2n) is 6.33. The van der Waals surface area contributed by atoms with E-state index in [-0.39, 0.29) is 0 Å². The maximum absolute atomic E-state index is 3.86. The van der Waals surface area contributed by atoms with Crippen LogP contribution in [0.25, 0.3) is 0 Å². The van der Waals surface area contributed by atoms with Crippen molar-refractivity contribution >= 4 is 0 Å². The highest BCUT2D eigenvalue weighted by Gasteiger charge is 2.19. The van der Waals surface area contributed by atoms with Gasteiger partial charge in [-0.05, 0) is 57.8 Å². The Bertz CT molecular complexity index is 201. The number of nitrogens with one attached hydrogen (secondary N) is 1. The zero-order valence-electron chi connectivity index (χ0n) is 12.3. The minimum absolute atomic E-state index is 0.804. The molecule has 2 aliphatic rings. The average Bonchev–Trinajstić information content (AvgIpc) is 2.38. The first-order valence-electron chi connectivity index (χ1n) is 8.34.